The number of halogens is 1. The van der Waals surface area contributed by atoms with Gasteiger partial charge < -0.3 is 10.6 Å². The molecular formula is C13H19BrN2S. The maximum absolute atomic E-state index is 5.58. The van der Waals surface area contributed by atoms with E-state index in [-0.39, 0.29) is 0 Å². The predicted molar refractivity (Wildman–Crippen MR) is 81.0 cm³/mol. The van der Waals surface area contributed by atoms with Gasteiger partial charge in [-0.05, 0) is 58.8 Å². The van der Waals surface area contributed by atoms with Crippen LogP contribution in [0.25, 0.3) is 0 Å². The molecule has 0 aliphatic carbocycles. The van der Waals surface area contributed by atoms with Crippen LogP contribution in [0.1, 0.15) is 12.0 Å². The number of anilines is 1. The maximum atomic E-state index is 5.58. The summed E-state index contributed by atoms with van der Waals surface area (Å²) in [6, 6.07) is 7.27. The quantitative estimate of drug-likeness (QED) is 0.926. The minimum absolute atomic E-state index is 0.677. The van der Waals surface area contributed by atoms with Crippen molar-refractivity contribution < 1.29 is 0 Å². The minimum atomic E-state index is 0.677. The van der Waals surface area contributed by atoms with Crippen LogP contribution in [0.4, 0.5) is 5.69 Å². The third-order valence-electron chi connectivity index (χ3n) is 3.28. The smallest absolute Gasteiger partial charge is 0.0511 e. The number of hydrogen-bond donors (Lipinski definition) is 1. The lowest BCUT2D eigenvalue weighted by atomic mass is 10.1. The van der Waals surface area contributed by atoms with E-state index in [1.807, 2.05) is 11.8 Å². The highest BCUT2D eigenvalue weighted by Gasteiger charge is 2.21. The SMILES string of the molecule is CN(c1ccc(CCN)cc1Br)C1CCSC1. The summed E-state index contributed by atoms with van der Waals surface area (Å²) < 4.78 is 1.18. The van der Waals surface area contributed by atoms with Gasteiger partial charge >= 0.3 is 0 Å². The zero-order valence-electron chi connectivity index (χ0n) is 10.2. The molecule has 1 aliphatic heterocycles. The van der Waals surface area contributed by atoms with Gasteiger partial charge in [-0.1, -0.05) is 6.07 Å². The Labute approximate surface area is 116 Å². The van der Waals surface area contributed by atoms with E-state index in [1.54, 1.807) is 0 Å². The summed E-state index contributed by atoms with van der Waals surface area (Å²) in [6.45, 7) is 0.709. The van der Waals surface area contributed by atoms with Crippen molar-refractivity contribution >= 4 is 33.4 Å². The summed E-state index contributed by atoms with van der Waals surface area (Å²) in [5.41, 5.74) is 8.17. The fourth-order valence-electron chi connectivity index (χ4n) is 2.18. The van der Waals surface area contributed by atoms with Gasteiger partial charge in [-0.2, -0.15) is 11.8 Å². The Balaban J connectivity index is 2.14. The lowest BCUT2D eigenvalue weighted by Crippen LogP contribution is -2.31. The van der Waals surface area contributed by atoms with E-state index in [0.29, 0.717) is 12.6 Å². The lowest BCUT2D eigenvalue weighted by Gasteiger charge is -2.27. The summed E-state index contributed by atoms with van der Waals surface area (Å²) >= 11 is 5.72. The van der Waals surface area contributed by atoms with Gasteiger partial charge in [0, 0.05) is 23.3 Å². The Kier molecular flexibility index (Phi) is 4.77. The molecule has 1 aliphatic rings. The Hall–Kier alpha value is -0.190. The maximum Gasteiger partial charge on any atom is 0.0511 e. The monoisotopic (exact) mass is 314 g/mol. The van der Waals surface area contributed by atoms with Gasteiger partial charge in [-0.15, -0.1) is 0 Å². The normalized spacial score (nSPS) is 19.6. The molecule has 4 heteroatoms. The molecular weight excluding hydrogens is 296 g/mol. The molecule has 0 spiro atoms. The highest BCUT2D eigenvalue weighted by Crippen LogP contribution is 2.31. The summed E-state index contributed by atoms with van der Waals surface area (Å²) in [5.74, 6) is 2.53. The van der Waals surface area contributed by atoms with Crippen molar-refractivity contribution in [3.8, 4) is 0 Å². The summed E-state index contributed by atoms with van der Waals surface area (Å²) in [5, 5.41) is 0. The Bertz CT molecular complexity index is 378. The highest BCUT2D eigenvalue weighted by molar-refractivity contribution is 9.10. The molecule has 1 saturated heterocycles. The molecule has 1 heterocycles. The van der Waals surface area contributed by atoms with Crippen LogP contribution in [0.2, 0.25) is 0 Å². The van der Waals surface area contributed by atoms with Crippen LogP contribution >= 0.6 is 27.7 Å². The predicted octanol–water partition coefficient (Wildman–Crippen LogP) is 2.89. The average molecular weight is 315 g/mol. The van der Waals surface area contributed by atoms with Crippen LogP contribution in [0.3, 0.4) is 0 Å². The van der Waals surface area contributed by atoms with Crippen molar-refractivity contribution in [3.63, 3.8) is 0 Å². The molecule has 0 bridgehead atoms. The van der Waals surface area contributed by atoms with Crippen molar-refractivity contribution in [2.24, 2.45) is 5.73 Å². The minimum Gasteiger partial charge on any atom is -0.370 e. The van der Waals surface area contributed by atoms with E-state index in [0.717, 1.165) is 6.42 Å². The van der Waals surface area contributed by atoms with Crippen LogP contribution in [0.5, 0.6) is 0 Å². The molecule has 94 valence electrons. The zero-order chi connectivity index (χ0) is 12.3. The van der Waals surface area contributed by atoms with Gasteiger partial charge in [0.2, 0.25) is 0 Å². The molecule has 2 nitrogen and oxygen atoms in total. The lowest BCUT2D eigenvalue weighted by molar-refractivity contribution is 0.699. The molecule has 0 amide bonds. The molecule has 2 N–H and O–H groups in total. The number of nitrogens with zero attached hydrogens (tertiary/aromatic N) is 1. The molecule has 0 aromatic heterocycles. The molecule has 1 atom stereocenters. The van der Waals surface area contributed by atoms with Crippen LogP contribution in [0.15, 0.2) is 22.7 Å². The van der Waals surface area contributed by atoms with Crippen LogP contribution in [-0.2, 0) is 6.42 Å². The van der Waals surface area contributed by atoms with Crippen molar-refractivity contribution in [1.29, 1.82) is 0 Å². The van der Waals surface area contributed by atoms with E-state index >= 15 is 0 Å². The average Bonchev–Trinajstić information content (AvgIpc) is 2.82. The highest BCUT2D eigenvalue weighted by atomic mass is 79.9. The number of nitrogens with two attached hydrogens (primary N) is 1. The molecule has 1 unspecified atom stereocenters. The van der Waals surface area contributed by atoms with Crippen molar-refractivity contribution in [1.82, 2.24) is 0 Å². The van der Waals surface area contributed by atoms with Crippen molar-refractivity contribution in [2.75, 3.05) is 30.0 Å². The van der Waals surface area contributed by atoms with Gasteiger partial charge in [-0.3, -0.25) is 0 Å². The molecule has 0 radical (unpaired) electrons. The fraction of sp³-hybridized carbons (Fsp3) is 0.538. The van der Waals surface area contributed by atoms with Gasteiger partial charge in [0.05, 0.1) is 5.69 Å². The molecule has 17 heavy (non-hydrogen) atoms. The first-order chi connectivity index (χ1) is 8.22. The van der Waals surface area contributed by atoms with E-state index in [1.165, 1.54) is 33.7 Å². The molecule has 2 rings (SSSR count). The zero-order valence-corrected chi connectivity index (χ0v) is 12.6. The first-order valence-corrected chi connectivity index (χ1v) is 7.96. The van der Waals surface area contributed by atoms with Gasteiger partial charge in [0.1, 0.15) is 0 Å². The third kappa shape index (κ3) is 3.18. The number of thioether (sulfide) groups is 1. The molecule has 1 fully saturated rings. The summed E-state index contributed by atoms with van der Waals surface area (Å²) in [6.07, 6.45) is 2.24. The van der Waals surface area contributed by atoms with Gasteiger partial charge in [0.15, 0.2) is 0 Å². The third-order valence-corrected chi connectivity index (χ3v) is 5.06. The van der Waals surface area contributed by atoms with E-state index < -0.39 is 0 Å². The molecule has 1 aromatic rings. The number of hydrogen-bond acceptors (Lipinski definition) is 3. The van der Waals surface area contributed by atoms with E-state index in [4.69, 9.17) is 5.73 Å². The fourth-order valence-corrected chi connectivity index (χ4v) is 4.16. The van der Waals surface area contributed by atoms with Crippen LogP contribution in [0, 0.1) is 0 Å². The Morgan fingerprint density at radius 3 is 2.94 bits per heavy atom. The first kappa shape index (κ1) is 13.2. The van der Waals surface area contributed by atoms with Crippen LogP contribution in [-0.4, -0.2) is 31.1 Å². The summed E-state index contributed by atoms with van der Waals surface area (Å²) in [7, 11) is 2.19. The van der Waals surface area contributed by atoms with Crippen LogP contribution < -0.4 is 10.6 Å². The number of rotatable bonds is 4. The second-order valence-corrected chi connectivity index (χ2v) is 6.46. The Morgan fingerprint density at radius 2 is 2.35 bits per heavy atom. The second-order valence-electron chi connectivity index (χ2n) is 4.45. The molecule has 1 aromatic carbocycles. The topological polar surface area (TPSA) is 29.3 Å². The standard InChI is InChI=1S/C13H19BrN2S/c1-16(11-5-7-17-9-11)13-3-2-10(4-6-15)8-12(13)14/h2-3,8,11H,4-7,9,15H2,1H3. The van der Waals surface area contributed by atoms with E-state index in [2.05, 4.69) is 46.1 Å². The van der Waals surface area contributed by atoms with E-state index in [9.17, 15) is 0 Å². The first-order valence-electron chi connectivity index (χ1n) is 6.01. The second kappa shape index (κ2) is 6.12. The largest absolute Gasteiger partial charge is 0.370 e. The number of benzene rings is 1. The molecule has 0 saturated carbocycles. The van der Waals surface area contributed by atoms with Crippen molar-refractivity contribution in [3.05, 3.63) is 28.2 Å². The Morgan fingerprint density at radius 1 is 1.53 bits per heavy atom. The van der Waals surface area contributed by atoms with Crippen molar-refractivity contribution in [2.45, 2.75) is 18.9 Å². The van der Waals surface area contributed by atoms with Gasteiger partial charge in [0.25, 0.3) is 0 Å². The summed E-state index contributed by atoms with van der Waals surface area (Å²) in [4.78, 5) is 2.40. The van der Waals surface area contributed by atoms with Gasteiger partial charge in [-0.25, -0.2) is 0 Å².